The third-order valence-corrected chi connectivity index (χ3v) is 6.17. The van der Waals surface area contributed by atoms with E-state index in [9.17, 15) is 9.59 Å². The molecule has 164 valence electrons. The molecular weight excluding hydrogens is 449 g/mol. The third-order valence-electron chi connectivity index (χ3n) is 5.67. The lowest BCUT2D eigenvalue weighted by atomic mass is 9.91. The van der Waals surface area contributed by atoms with Crippen molar-refractivity contribution in [1.29, 1.82) is 0 Å². The molecule has 3 atom stereocenters. The number of carbonyl (C=O) groups excluding carboxylic acids is 1. The van der Waals surface area contributed by atoms with Crippen molar-refractivity contribution in [2.24, 2.45) is 0 Å². The normalized spacial score (nSPS) is 20.9. The van der Waals surface area contributed by atoms with Gasteiger partial charge in [-0.2, -0.15) is 0 Å². The number of morpholine rings is 1. The molecule has 1 amide bonds. The van der Waals surface area contributed by atoms with E-state index in [1.807, 2.05) is 24.3 Å². The number of carbonyl (C=O) groups is 2. The van der Waals surface area contributed by atoms with Gasteiger partial charge in [0.2, 0.25) is 0 Å². The van der Waals surface area contributed by atoms with Crippen molar-refractivity contribution < 1.29 is 19.4 Å². The molecule has 0 unspecified atom stereocenters. The van der Waals surface area contributed by atoms with Crippen molar-refractivity contribution in [3.8, 4) is 0 Å². The molecule has 0 saturated carbocycles. The third kappa shape index (κ3) is 4.65. The molecule has 0 bridgehead atoms. The van der Waals surface area contributed by atoms with Crippen molar-refractivity contribution in [3.63, 3.8) is 0 Å². The molecule has 1 heterocycles. The maximum Gasteiger partial charge on any atom is 0.335 e. The number of carboxylic acids is 1. The fraction of sp³-hybridized carbons (Fsp3) is 0.200. The molecule has 4 rings (SSSR count). The van der Waals surface area contributed by atoms with Crippen LogP contribution < -0.4 is 0 Å². The van der Waals surface area contributed by atoms with Crippen molar-refractivity contribution >= 4 is 35.1 Å². The van der Waals surface area contributed by atoms with Gasteiger partial charge in [0.25, 0.3) is 5.91 Å². The van der Waals surface area contributed by atoms with Crippen molar-refractivity contribution in [2.75, 3.05) is 7.05 Å². The van der Waals surface area contributed by atoms with Crippen LogP contribution in [0.4, 0.5) is 0 Å². The summed E-state index contributed by atoms with van der Waals surface area (Å²) in [7, 11) is 1.77. The van der Waals surface area contributed by atoms with Gasteiger partial charge in [0.15, 0.2) is 0 Å². The molecule has 1 saturated heterocycles. The summed E-state index contributed by atoms with van der Waals surface area (Å²) in [5.74, 6) is -1.13. The molecular formula is C25H21Cl2NO4. The average molecular weight is 470 g/mol. The zero-order valence-electron chi connectivity index (χ0n) is 17.2. The van der Waals surface area contributed by atoms with Crippen molar-refractivity contribution in [1.82, 2.24) is 4.90 Å². The second-order valence-corrected chi connectivity index (χ2v) is 8.62. The molecule has 0 aromatic heterocycles. The summed E-state index contributed by atoms with van der Waals surface area (Å²) in [5, 5.41) is 10.3. The van der Waals surface area contributed by atoms with Gasteiger partial charge in [0.05, 0.1) is 11.6 Å². The number of carboxylic acid groups (broad SMARTS) is 1. The van der Waals surface area contributed by atoms with E-state index < -0.39 is 18.2 Å². The smallest absolute Gasteiger partial charge is 0.335 e. The van der Waals surface area contributed by atoms with Gasteiger partial charge in [-0.15, -0.1) is 0 Å². The van der Waals surface area contributed by atoms with Crippen LogP contribution >= 0.6 is 23.2 Å². The Morgan fingerprint density at radius 2 is 1.44 bits per heavy atom. The van der Waals surface area contributed by atoms with Crippen LogP contribution in [0, 0.1) is 0 Å². The van der Waals surface area contributed by atoms with E-state index in [4.69, 9.17) is 33.0 Å². The molecule has 0 aliphatic carbocycles. The monoisotopic (exact) mass is 469 g/mol. The minimum atomic E-state index is -0.991. The van der Waals surface area contributed by atoms with E-state index in [-0.39, 0.29) is 17.5 Å². The molecule has 7 heteroatoms. The van der Waals surface area contributed by atoms with E-state index >= 15 is 0 Å². The van der Waals surface area contributed by atoms with E-state index in [1.54, 1.807) is 48.3 Å². The SMILES string of the molecule is CN1C(=O)[C@H](Cc2ccc(C(=O)O)cc2)O[C@@H](c2ccc(Cl)cc2)[C@H]1c1ccc(Cl)cc1. The number of benzene rings is 3. The number of hydrogen-bond donors (Lipinski definition) is 1. The van der Waals surface area contributed by atoms with E-state index in [1.165, 1.54) is 12.1 Å². The minimum Gasteiger partial charge on any atom is -0.478 e. The van der Waals surface area contributed by atoms with Crippen LogP contribution in [0.5, 0.6) is 0 Å². The van der Waals surface area contributed by atoms with Gasteiger partial charge in [-0.05, 0) is 53.1 Å². The van der Waals surface area contributed by atoms with E-state index in [0.29, 0.717) is 16.5 Å². The van der Waals surface area contributed by atoms with Crippen LogP contribution in [0.1, 0.15) is 39.2 Å². The number of nitrogens with zero attached hydrogens (tertiary/aromatic N) is 1. The Labute approximate surface area is 196 Å². The fourth-order valence-corrected chi connectivity index (χ4v) is 4.23. The zero-order valence-corrected chi connectivity index (χ0v) is 18.8. The second-order valence-electron chi connectivity index (χ2n) is 7.75. The first-order valence-electron chi connectivity index (χ1n) is 10.1. The number of hydrogen-bond acceptors (Lipinski definition) is 3. The van der Waals surface area contributed by atoms with Crippen molar-refractivity contribution in [3.05, 3.63) is 105 Å². The number of rotatable bonds is 5. The van der Waals surface area contributed by atoms with Gasteiger partial charge >= 0.3 is 5.97 Å². The number of aromatic carboxylic acids is 1. The summed E-state index contributed by atoms with van der Waals surface area (Å²) in [6.07, 6.45) is -0.792. The number of halogens is 2. The standard InChI is InChI=1S/C25H21Cl2NO4/c1-28-22(16-6-10-19(26)11-7-16)23(17-8-12-20(27)13-9-17)32-21(24(28)29)14-15-2-4-18(5-3-15)25(30)31/h2-13,21-23H,14H2,1H3,(H,30,31)/t21-,22+,23-/m0/s1. The molecule has 3 aromatic rings. The number of ether oxygens (including phenoxy) is 1. The molecule has 32 heavy (non-hydrogen) atoms. The van der Waals surface area contributed by atoms with Crippen LogP contribution in [0.15, 0.2) is 72.8 Å². The Hall–Kier alpha value is -2.86. The Morgan fingerprint density at radius 3 is 1.97 bits per heavy atom. The molecule has 1 N–H and O–H groups in total. The first-order chi connectivity index (χ1) is 15.3. The summed E-state index contributed by atoms with van der Waals surface area (Å²) in [6, 6.07) is 20.9. The molecule has 3 aromatic carbocycles. The molecule has 5 nitrogen and oxygen atoms in total. The molecule has 1 aliphatic rings. The minimum absolute atomic E-state index is 0.141. The summed E-state index contributed by atoms with van der Waals surface area (Å²) in [4.78, 5) is 26.1. The topological polar surface area (TPSA) is 66.8 Å². The lowest BCUT2D eigenvalue weighted by Gasteiger charge is -2.43. The van der Waals surface area contributed by atoms with Gasteiger partial charge in [-0.25, -0.2) is 4.79 Å². The molecule has 1 fully saturated rings. The summed E-state index contributed by atoms with van der Waals surface area (Å²) < 4.78 is 6.39. The Kier molecular flexibility index (Phi) is 6.51. The summed E-state index contributed by atoms with van der Waals surface area (Å²) >= 11 is 12.1. The number of likely N-dealkylation sites (N-methyl/N-ethyl adjacent to an activating group) is 1. The predicted molar refractivity (Wildman–Crippen MR) is 123 cm³/mol. The first kappa shape index (κ1) is 22.3. The summed E-state index contributed by atoms with van der Waals surface area (Å²) in [6.45, 7) is 0. The fourth-order valence-electron chi connectivity index (χ4n) is 3.98. The first-order valence-corrected chi connectivity index (χ1v) is 10.8. The second kappa shape index (κ2) is 9.33. The highest BCUT2D eigenvalue weighted by Gasteiger charge is 2.42. The highest BCUT2D eigenvalue weighted by atomic mass is 35.5. The Balaban J connectivity index is 1.66. The average Bonchev–Trinajstić information content (AvgIpc) is 2.78. The van der Waals surface area contributed by atoms with Gasteiger partial charge in [0, 0.05) is 23.5 Å². The van der Waals surface area contributed by atoms with Gasteiger partial charge in [-0.3, -0.25) is 4.79 Å². The van der Waals surface area contributed by atoms with E-state index in [0.717, 1.165) is 16.7 Å². The largest absolute Gasteiger partial charge is 0.478 e. The highest BCUT2D eigenvalue weighted by molar-refractivity contribution is 6.30. The predicted octanol–water partition coefficient (Wildman–Crippen LogP) is 5.57. The van der Waals surface area contributed by atoms with Crippen LogP contribution in [0.3, 0.4) is 0 Å². The Bertz CT molecular complexity index is 1110. The van der Waals surface area contributed by atoms with Crippen LogP contribution in [0.2, 0.25) is 10.0 Å². The van der Waals surface area contributed by atoms with Gasteiger partial charge in [-0.1, -0.05) is 59.6 Å². The maximum absolute atomic E-state index is 13.2. The molecule has 0 spiro atoms. The summed E-state index contributed by atoms with van der Waals surface area (Å²) in [5.41, 5.74) is 2.83. The lowest BCUT2D eigenvalue weighted by molar-refractivity contribution is -0.171. The van der Waals surface area contributed by atoms with Crippen molar-refractivity contribution in [2.45, 2.75) is 24.7 Å². The number of amides is 1. The van der Waals surface area contributed by atoms with E-state index in [2.05, 4.69) is 0 Å². The highest BCUT2D eigenvalue weighted by Crippen LogP contribution is 2.42. The van der Waals surface area contributed by atoms with Crippen LogP contribution in [-0.4, -0.2) is 35.0 Å². The Morgan fingerprint density at radius 1 is 0.906 bits per heavy atom. The maximum atomic E-state index is 13.2. The molecule has 1 aliphatic heterocycles. The van der Waals surface area contributed by atoms with Gasteiger partial charge in [0.1, 0.15) is 12.2 Å². The van der Waals surface area contributed by atoms with Crippen LogP contribution in [-0.2, 0) is 16.0 Å². The van der Waals surface area contributed by atoms with Gasteiger partial charge < -0.3 is 14.7 Å². The zero-order chi connectivity index (χ0) is 22.8. The quantitative estimate of drug-likeness (QED) is 0.529. The lowest BCUT2D eigenvalue weighted by Crippen LogP contribution is -2.49. The van der Waals surface area contributed by atoms with Crippen LogP contribution in [0.25, 0.3) is 0 Å². The molecule has 0 radical (unpaired) electrons.